The average Bonchev–Trinajstić information content (AvgIpc) is 2.88. The Morgan fingerprint density at radius 2 is 2.10 bits per heavy atom. The minimum atomic E-state index is -0.166. The average molecular weight is 275 g/mol. The van der Waals surface area contributed by atoms with E-state index in [1.54, 1.807) is 4.68 Å². The van der Waals surface area contributed by atoms with E-state index >= 15 is 0 Å². The fourth-order valence-electron chi connectivity index (χ4n) is 2.07. The topological polar surface area (TPSA) is 57.0 Å². The number of hydrogen-bond donors (Lipinski definition) is 0. The molecule has 0 unspecified atom stereocenters. The van der Waals surface area contributed by atoms with Crippen molar-refractivity contribution in [2.24, 2.45) is 0 Å². The fraction of sp³-hybridized carbons (Fsp3) is 0.533. The molecule has 1 aromatic carbocycles. The molecule has 2 aromatic rings. The van der Waals surface area contributed by atoms with Crippen LogP contribution >= 0.6 is 0 Å². The third-order valence-electron chi connectivity index (χ3n) is 3.21. The SMILES string of the molecule is CCCCCCOC(=O)CCn1nnc2ccccc21. The molecule has 20 heavy (non-hydrogen) atoms. The van der Waals surface area contributed by atoms with Crippen molar-refractivity contribution in [3.8, 4) is 0 Å². The van der Waals surface area contributed by atoms with Gasteiger partial charge >= 0.3 is 5.97 Å². The van der Waals surface area contributed by atoms with Crippen LogP contribution < -0.4 is 0 Å². The van der Waals surface area contributed by atoms with Crippen LogP contribution in [-0.2, 0) is 16.1 Å². The molecule has 0 aliphatic rings. The molecule has 0 aliphatic carbocycles. The van der Waals surface area contributed by atoms with Gasteiger partial charge in [0, 0.05) is 0 Å². The molecule has 0 bridgehead atoms. The van der Waals surface area contributed by atoms with E-state index < -0.39 is 0 Å². The van der Waals surface area contributed by atoms with E-state index in [4.69, 9.17) is 4.74 Å². The maximum absolute atomic E-state index is 11.6. The Morgan fingerprint density at radius 3 is 2.95 bits per heavy atom. The first kappa shape index (κ1) is 14.5. The lowest BCUT2D eigenvalue weighted by atomic mass is 10.2. The van der Waals surface area contributed by atoms with E-state index in [1.165, 1.54) is 12.8 Å². The second-order valence-electron chi connectivity index (χ2n) is 4.83. The molecule has 5 nitrogen and oxygen atoms in total. The first-order valence-electron chi connectivity index (χ1n) is 7.25. The van der Waals surface area contributed by atoms with Gasteiger partial charge in [0.1, 0.15) is 5.52 Å². The number of para-hydroxylation sites is 1. The van der Waals surface area contributed by atoms with Gasteiger partial charge in [-0.3, -0.25) is 4.79 Å². The summed E-state index contributed by atoms with van der Waals surface area (Å²) < 4.78 is 6.94. The van der Waals surface area contributed by atoms with Gasteiger partial charge in [0.05, 0.1) is 25.1 Å². The van der Waals surface area contributed by atoms with Crippen LogP contribution in [0.25, 0.3) is 11.0 Å². The summed E-state index contributed by atoms with van der Waals surface area (Å²) in [5.74, 6) is -0.166. The number of benzene rings is 1. The predicted molar refractivity (Wildman–Crippen MR) is 77.2 cm³/mol. The largest absolute Gasteiger partial charge is 0.466 e. The van der Waals surface area contributed by atoms with Crippen LogP contribution in [0.4, 0.5) is 0 Å². The number of rotatable bonds is 8. The number of nitrogens with zero attached hydrogens (tertiary/aromatic N) is 3. The summed E-state index contributed by atoms with van der Waals surface area (Å²) >= 11 is 0. The van der Waals surface area contributed by atoms with E-state index in [0.717, 1.165) is 23.9 Å². The summed E-state index contributed by atoms with van der Waals surface area (Å²) in [7, 11) is 0. The third-order valence-corrected chi connectivity index (χ3v) is 3.21. The van der Waals surface area contributed by atoms with E-state index in [2.05, 4.69) is 17.2 Å². The van der Waals surface area contributed by atoms with Crippen LogP contribution in [0.15, 0.2) is 24.3 Å². The smallest absolute Gasteiger partial charge is 0.307 e. The number of unbranched alkanes of at least 4 members (excludes halogenated alkanes) is 3. The van der Waals surface area contributed by atoms with E-state index in [9.17, 15) is 4.79 Å². The number of carbonyl (C=O) groups is 1. The molecule has 108 valence electrons. The Kier molecular flexibility index (Phi) is 5.53. The monoisotopic (exact) mass is 275 g/mol. The summed E-state index contributed by atoms with van der Waals surface area (Å²) in [6.07, 6.45) is 4.79. The Balaban J connectivity index is 1.73. The molecule has 5 heteroatoms. The van der Waals surface area contributed by atoms with E-state index in [1.807, 2.05) is 24.3 Å². The molecular formula is C15H21N3O2. The number of hydrogen-bond acceptors (Lipinski definition) is 4. The molecule has 0 N–H and O–H groups in total. The van der Waals surface area contributed by atoms with Crippen molar-refractivity contribution in [1.82, 2.24) is 15.0 Å². The third kappa shape index (κ3) is 4.05. The highest BCUT2D eigenvalue weighted by Gasteiger charge is 2.07. The lowest BCUT2D eigenvalue weighted by molar-refractivity contribution is -0.144. The molecular weight excluding hydrogens is 254 g/mol. The number of fused-ring (bicyclic) bond motifs is 1. The van der Waals surface area contributed by atoms with Gasteiger partial charge in [-0.15, -0.1) is 5.10 Å². The van der Waals surface area contributed by atoms with Crippen molar-refractivity contribution >= 4 is 17.0 Å². The Bertz CT molecular complexity index is 551. The normalized spacial score (nSPS) is 10.8. The Morgan fingerprint density at radius 1 is 1.25 bits per heavy atom. The number of aryl methyl sites for hydroxylation is 1. The standard InChI is InChI=1S/C15H21N3O2/c1-2-3-4-7-12-20-15(19)10-11-18-14-9-6-5-8-13(14)16-17-18/h5-6,8-9H,2-4,7,10-12H2,1H3. The van der Waals surface area contributed by atoms with E-state index in [0.29, 0.717) is 19.6 Å². The van der Waals surface area contributed by atoms with Crippen molar-refractivity contribution in [1.29, 1.82) is 0 Å². The number of esters is 1. The molecule has 0 saturated heterocycles. The lowest BCUT2D eigenvalue weighted by Gasteiger charge is -2.05. The van der Waals surface area contributed by atoms with Crippen LogP contribution in [0.3, 0.4) is 0 Å². The summed E-state index contributed by atoms with van der Waals surface area (Å²) in [6, 6.07) is 7.72. The molecule has 1 aromatic heterocycles. The number of carbonyl (C=O) groups excluding carboxylic acids is 1. The zero-order chi connectivity index (χ0) is 14.2. The minimum absolute atomic E-state index is 0.166. The Labute approximate surface area is 118 Å². The molecule has 1 heterocycles. The molecule has 0 atom stereocenters. The quantitative estimate of drug-likeness (QED) is 0.549. The first-order valence-corrected chi connectivity index (χ1v) is 7.25. The molecule has 0 saturated carbocycles. The van der Waals surface area contributed by atoms with Gasteiger partial charge in [-0.2, -0.15) is 0 Å². The van der Waals surface area contributed by atoms with Gasteiger partial charge in [0.2, 0.25) is 0 Å². The van der Waals surface area contributed by atoms with Crippen LogP contribution in [0.5, 0.6) is 0 Å². The van der Waals surface area contributed by atoms with Crippen molar-refractivity contribution in [2.45, 2.75) is 45.6 Å². The molecule has 0 fully saturated rings. The van der Waals surface area contributed by atoms with Crippen molar-refractivity contribution in [3.05, 3.63) is 24.3 Å². The van der Waals surface area contributed by atoms with Crippen LogP contribution in [-0.4, -0.2) is 27.6 Å². The zero-order valence-electron chi connectivity index (χ0n) is 11.9. The summed E-state index contributed by atoms with van der Waals surface area (Å²) in [4.78, 5) is 11.6. The second kappa shape index (κ2) is 7.62. The summed E-state index contributed by atoms with van der Waals surface area (Å²) in [6.45, 7) is 3.19. The highest BCUT2D eigenvalue weighted by molar-refractivity contribution is 5.74. The lowest BCUT2D eigenvalue weighted by Crippen LogP contribution is -2.11. The number of aromatic nitrogens is 3. The molecule has 0 amide bonds. The molecule has 0 spiro atoms. The van der Waals surface area contributed by atoms with Gasteiger partial charge in [-0.05, 0) is 18.6 Å². The molecule has 0 radical (unpaired) electrons. The van der Waals surface area contributed by atoms with Crippen LogP contribution in [0.2, 0.25) is 0 Å². The van der Waals surface area contributed by atoms with Crippen molar-refractivity contribution in [2.75, 3.05) is 6.61 Å². The van der Waals surface area contributed by atoms with Crippen molar-refractivity contribution < 1.29 is 9.53 Å². The van der Waals surface area contributed by atoms with Crippen molar-refractivity contribution in [3.63, 3.8) is 0 Å². The van der Waals surface area contributed by atoms with Crippen LogP contribution in [0.1, 0.15) is 39.0 Å². The van der Waals surface area contributed by atoms with E-state index in [-0.39, 0.29) is 5.97 Å². The predicted octanol–water partition coefficient (Wildman–Crippen LogP) is 2.94. The fourth-order valence-corrected chi connectivity index (χ4v) is 2.07. The zero-order valence-corrected chi connectivity index (χ0v) is 11.9. The summed E-state index contributed by atoms with van der Waals surface area (Å²) in [5.41, 5.74) is 1.80. The van der Waals surface area contributed by atoms with Gasteiger partial charge in [0.25, 0.3) is 0 Å². The maximum Gasteiger partial charge on any atom is 0.307 e. The second-order valence-corrected chi connectivity index (χ2v) is 4.83. The summed E-state index contributed by atoms with van der Waals surface area (Å²) in [5, 5.41) is 8.10. The Hall–Kier alpha value is -1.91. The van der Waals surface area contributed by atoms with Crippen LogP contribution in [0, 0.1) is 0 Å². The maximum atomic E-state index is 11.6. The highest BCUT2D eigenvalue weighted by Crippen LogP contribution is 2.10. The molecule has 0 aliphatic heterocycles. The van der Waals surface area contributed by atoms with Gasteiger partial charge in [-0.1, -0.05) is 43.5 Å². The minimum Gasteiger partial charge on any atom is -0.466 e. The molecule has 2 rings (SSSR count). The first-order chi connectivity index (χ1) is 9.81. The van der Waals surface area contributed by atoms with Gasteiger partial charge in [0.15, 0.2) is 0 Å². The number of ether oxygens (including phenoxy) is 1. The van der Waals surface area contributed by atoms with Gasteiger partial charge < -0.3 is 4.74 Å². The highest BCUT2D eigenvalue weighted by atomic mass is 16.5. The van der Waals surface area contributed by atoms with Gasteiger partial charge in [-0.25, -0.2) is 4.68 Å².